The second kappa shape index (κ2) is 9.27. The Bertz CT molecular complexity index is 977. The van der Waals surface area contributed by atoms with Gasteiger partial charge in [0, 0.05) is 48.6 Å². The Kier molecular flexibility index (Phi) is 6.54. The summed E-state index contributed by atoms with van der Waals surface area (Å²) in [6.07, 6.45) is 5.60. The molecule has 2 N–H and O–H groups in total. The number of nitrogens with zero attached hydrogens (tertiary/aromatic N) is 3. The third-order valence-corrected chi connectivity index (χ3v) is 4.50. The predicted octanol–water partition coefficient (Wildman–Crippen LogP) is 3.65. The molecule has 0 bridgehead atoms. The van der Waals surface area contributed by atoms with Crippen molar-refractivity contribution in [3.63, 3.8) is 0 Å². The second-order valence-corrected chi connectivity index (χ2v) is 6.65. The van der Waals surface area contributed by atoms with Gasteiger partial charge in [0.2, 0.25) is 0 Å². The normalized spacial score (nSPS) is 11.3. The molecule has 0 radical (unpaired) electrons. The van der Waals surface area contributed by atoms with Crippen LogP contribution in [0.4, 0.5) is 20.3 Å². The van der Waals surface area contributed by atoms with Crippen LogP contribution in [0.1, 0.15) is 17.7 Å². The summed E-state index contributed by atoms with van der Waals surface area (Å²) in [5.41, 5.74) is 1.11. The molecule has 0 amide bonds. The summed E-state index contributed by atoms with van der Waals surface area (Å²) in [5.74, 6) is -3.19. The molecule has 0 aliphatic rings. The lowest BCUT2D eigenvalue weighted by atomic mass is 10.1. The van der Waals surface area contributed by atoms with Gasteiger partial charge in [-0.15, -0.1) is 0 Å². The zero-order chi connectivity index (χ0) is 20.7. The molecule has 0 spiro atoms. The van der Waals surface area contributed by atoms with Crippen molar-refractivity contribution in [2.24, 2.45) is 0 Å². The van der Waals surface area contributed by atoms with Gasteiger partial charge in [0.15, 0.2) is 5.82 Å². The number of hydrogen-bond donors (Lipinski definition) is 2. The molecule has 3 rings (SSSR count). The monoisotopic (exact) mass is 399 g/mol. The van der Waals surface area contributed by atoms with E-state index < -0.39 is 18.0 Å². The first-order valence-electron chi connectivity index (χ1n) is 9.35. The summed E-state index contributed by atoms with van der Waals surface area (Å²) in [6.45, 7) is 2.18. The zero-order valence-corrected chi connectivity index (χ0v) is 16.1. The third kappa shape index (κ3) is 5.37. The molecule has 8 heteroatoms. The Labute approximate surface area is 167 Å². The number of halogens is 2. The molecule has 1 aromatic carbocycles. The van der Waals surface area contributed by atoms with Gasteiger partial charge in [0.05, 0.1) is 6.54 Å². The molecule has 2 heterocycles. The molecule has 29 heavy (non-hydrogen) atoms. The molecule has 0 unspecified atom stereocenters. The lowest BCUT2D eigenvalue weighted by Crippen LogP contribution is -2.31. The molecular weight excluding hydrogens is 376 g/mol. The van der Waals surface area contributed by atoms with E-state index in [4.69, 9.17) is 0 Å². The van der Waals surface area contributed by atoms with E-state index >= 15 is 0 Å². The Morgan fingerprint density at radius 3 is 2.52 bits per heavy atom. The minimum atomic E-state index is -3.11. The molecule has 152 valence electrons. The number of nitrogens with one attached hydrogen (secondary N) is 2. The van der Waals surface area contributed by atoms with E-state index in [0.29, 0.717) is 25.2 Å². The van der Waals surface area contributed by atoms with Crippen molar-refractivity contribution < 1.29 is 8.78 Å². The van der Waals surface area contributed by atoms with Crippen molar-refractivity contribution in [1.82, 2.24) is 14.5 Å². The molecular formula is C21H23F2N5O. The fraction of sp³-hybridized carbons (Fsp3) is 0.286. The summed E-state index contributed by atoms with van der Waals surface area (Å²) < 4.78 is 30.2. The van der Waals surface area contributed by atoms with Crippen molar-refractivity contribution in [3.05, 3.63) is 82.7 Å². The van der Waals surface area contributed by atoms with E-state index in [0.717, 1.165) is 5.69 Å². The highest BCUT2D eigenvalue weighted by Gasteiger charge is 2.31. The summed E-state index contributed by atoms with van der Waals surface area (Å²) >= 11 is 0. The summed E-state index contributed by atoms with van der Waals surface area (Å²) in [6, 6.07) is 11.2. The van der Waals surface area contributed by atoms with Crippen LogP contribution in [0.3, 0.4) is 0 Å². The zero-order valence-electron chi connectivity index (χ0n) is 16.1. The lowest BCUT2D eigenvalue weighted by molar-refractivity contribution is 0.0105. The van der Waals surface area contributed by atoms with Crippen LogP contribution in [-0.2, 0) is 12.5 Å². The standard InChI is InChI=1S/C21H23F2N5O/c1-16-14-26-19(27-15-21(22,23)17-6-3-2-4-7-17)20(29)28(16)13-5-10-25-18-8-11-24-12-9-18/h2-4,6-9,11-12,14H,5,10,13,15H2,1H3,(H,24,25)(H,26,27). The number of benzene rings is 1. The first-order valence-corrected chi connectivity index (χ1v) is 9.35. The van der Waals surface area contributed by atoms with Crippen LogP contribution in [0, 0.1) is 6.92 Å². The molecule has 2 aromatic heterocycles. The maximum absolute atomic E-state index is 14.4. The highest BCUT2D eigenvalue weighted by Crippen LogP contribution is 2.27. The molecule has 0 saturated carbocycles. The Morgan fingerprint density at radius 1 is 1.07 bits per heavy atom. The molecule has 6 nitrogen and oxygen atoms in total. The number of aryl methyl sites for hydroxylation is 1. The van der Waals surface area contributed by atoms with E-state index in [-0.39, 0.29) is 11.4 Å². The number of alkyl halides is 2. The summed E-state index contributed by atoms with van der Waals surface area (Å²) in [7, 11) is 0. The largest absolute Gasteiger partial charge is 0.385 e. The molecule has 0 atom stereocenters. The number of rotatable bonds is 9. The van der Waals surface area contributed by atoms with Crippen molar-refractivity contribution in [2.45, 2.75) is 25.8 Å². The lowest BCUT2D eigenvalue weighted by Gasteiger charge is -2.18. The molecule has 3 aromatic rings. The Hall–Kier alpha value is -3.29. The van der Waals surface area contributed by atoms with Gasteiger partial charge in [-0.25, -0.2) is 4.98 Å². The summed E-state index contributed by atoms with van der Waals surface area (Å²) in [5, 5.41) is 5.76. The fourth-order valence-corrected chi connectivity index (χ4v) is 2.89. The van der Waals surface area contributed by atoms with Crippen LogP contribution in [0.25, 0.3) is 0 Å². The average Bonchev–Trinajstić information content (AvgIpc) is 2.74. The van der Waals surface area contributed by atoms with Gasteiger partial charge in [-0.2, -0.15) is 8.78 Å². The van der Waals surface area contributed by atoms with Crippen LogP contribution in [-0.4, -0.2) is 27.6 Å². The number of pyridine rings is 1. The Balaban J connectivity index is 1.61. The van der Waals surface area contributed by atoms with Gasteiger partial charge in [0.1, 0.15) is 0 Å². The van der Waals surface area contributed by atoms with E-state index in [2.05, 4.69) is 20.6 Å². The van der Waals surface area contributed by atoms with Gasteiger partial charge in [-0.1, -0.05) is 30.3 Å². The van der Waals surface area contributed by atoms with Crippen molar-refractivity contribution in [2.75, 3.05) is 23.7 Å². The minimum absolute atomic E-state index is 0.0756. The van der Waals surface area contributed by atoms with Gasteiger partial charge in [-0.3, -0.25) is 9.78 Å². The highest BCUT2D eigenvalue weighted by molar-refractivity contribution is 5.40. The van der Waals surface area contributed by atoms with E-state index in [1.165, 1.54) is 18.3 Å². The molecule has 0 aliphatic heterocycles. The van der Waals surface area contributed by atoms with Crippen molar-refractivity contribution >= 4 is 11.5 Å². The van der Waals surface area contributed by atoms with E-state index in [9.17, 15) is 13.6 Å². The molecule has 0 saturated heterocycles. The maximum Gasteiger partial charge on any atom is 0.293 e. The molecule has 0 aliphatic carbocycles. The third-order valence-electron chi connectivity index (χ3n) is 4.50. The van der Waals surface area contributed by atoms with Crippen LogP contribution < -0.4 is 16.2 Å². The van der Waals surface area contributed by atoms with Crippen LogP contribution in [0.15, 0.2) is 65.8 Å². The number of anilines is 2. The van der Waals surface area contributed by atoms with E-state index in [1.54, 1.807) is 42.1 Å². The van der Waals surface area contributed by atoms with Crippen LogP contribution in [0.2, 0.25) is 0 Å². The van der Waals surface area contributed by atoms with Gasteiger partial charge in [-0.05, 0) is 25.5 Å². The molecule has 0 fully saturated rings. The van der Waals surface area contributed by atoms with Gasteiger partial charge in [0.25, 0.3) is 11.5 Å². The van der Waals surface area contributed by atoms with Gasteiger partial charge >= 0.3 is 0 Å². The topological polar surface area (TPSA) is 71.8 Å². The maximum atomic E-state index is 14.4. The van der Waals surface area contributed by atoms with Crippen molar-refractivity contribution in [1.29, 1.82) is 0 Å². The number of hydrogen-bond acceptors (Lipinski definition) is 5. The fourth-order valence-electron chi connectivity index (χ4n) is 2.89. The van der Waals surface area contributed by atoms with E-state index in [1.807, 2.05) is 12.1 Å². The number of aromatic nitrogens is 3. The predicted molar refractivity (Wildman–Crippen MR) is 109 cm³/mol. The van der Waals surface area contributed by atoms with Crippen LogP contribution >= 0.6 is 0 Å². The van der Waals surface area contributed by atoms with Crippen LogP contribution in [0.5, 0.6) is 0 Å². The highest BCUT2D eigenvalue weighted by atomic mass is 19.3. The second-order valence-electron chi connectivity index (χ2n) is 6.65. The minimum Gasteiger partial charge on any atom is -0.385 e. The van der Waals surface area contributed by atoms with Crippen molar-refractivity contribution in [3.8, 4) is 0 Å². The first kappa shape index (κ1) is 20.4. The SMILES string of the molecule is Cc1cnc(NCC(F)(F)c2ccccc2)c(=O)n1CCCNc1ccncc1. The van der Waals surface area contributed by atoms with Gasteiger partial charge < -0.3 is 15.2 Å². The quantitative estimate of drug-likeness (QED) is 0.538. The Morgan fingerprint density at radius 2 is 1.79 bits per heavy atom. The average molecular weight is 399 g/mol. The smallest absolute Gasteiger partial charge is 0.293 e. The first-order chi connectivity index (χ1) is 14.0. The summed E-state index contributed by atoms with van der Waals surface area (Å²) in [4.78, 5) is 20.6.